The van der Waals surface area contributed by atoms with Crippen LogP contribution in [0.15, 0.2) is 28.7 Å². The van der Waals surface area contributed by atoms with E-state index in [9.17, 15) is 4.79 Å². The summed E-state index contributed by atoms with van der Waals surface area (Å²) in [5.74, 6) is 2.79. The molecule has 0 radical (unpaired) electrons. The normalized spacial score (nSPS) is 23.5. The van der Waals surface area contributed by atoms with Crippen LogP contribution < -0.4 is 0 Å². The summed E-state index contributed by atoms with van der Waals surface area (Å²) in [5.41, 5.74) is 1.32. The smallest absolute Gasteiger partial charge is 0.227 e. The van der Waals surface area contributed by atoms with Crippen LogP contribution in [-0.4, -0.2) is 53.4 Å². The highest BCUT2D eigenvalue weighted by molar-refractivity contribution is 9.10. The van der Waals surface area contributed by atoms with E-state index in [1.54, 1.807) is 0 Å². The van der Waals surface area contributed by atoms with Gasteiger partial charge in [-0.1, -0.05) is 28.1 Å². The minimum absolute atomic E-state index is 0.201. The first kappa shape index (κ1) is 16.3. The molecule has 1 unspecified atom stereocenters. The van der Waals surface area contributed by atoms with Crippen molar-refractivity contribution in [2.24, 2.45) is 5.92 Å². The lowest BCUT2D eigenvalue weighted by molar-refractivity contribution is -0.137. The van der Waals surface area contributed by atoms with E-state index in [2.05, 4.69) is 50.0 Å². The molecule has 3 nitrogen and oxygen atoms in total. The number of hydrogen-bond donors (Lipinski definition) is 0. The minimum atomic E-state index is 0.201. The summed E-state index contributed by atoms with van der Waals surface area (Å²) < 4.78 is 1.12. The summed E-state index contributed by atoms with van der Waals surface area (Å²) in [4.78, 5) is 17.2. The molecular weight excluding hydrogens is 360 g/mol. The van der Waals surface area contributed by atoms with Crippen molar-refractivity contribution >= 4 is 33.6 Å². The SMILES string of the molecule is O=C(C1CCCN(Cc2ccc(Br)cc2)C1)N1CCSCC1. The first-order chi connectivity index (χ1) is 10.7. The van der Waals surface area contributed by atoms with Crippen molar-refractivity contribution in [3.05, 3.63) is 34.3 Å². The van der Waals surface area contributed by atoms with Crippen LogP contribution in [0.1, 0.15) is 18.4 Å². The fourth-order valence-electron chi connectivity index (χ4n) is 3.29. The van der Waals surface area contributed by atoms with E-state index >= 15 is 0 Å². The van der Waals surface area contributed by atoms with E-state index in [-0.39, 0.29) is 5.92 Å². The summed E-state index contributed by atoms with van der Waals surface area (Å²) in [6.07, 6.45) is 2.19. The Balaban J connectivity index is 1.56. The highest BCUT2D eigenvalue weighted by Gasteiger charge is 2.29. The third kappa shape index (κ3) is 4.27. The second-order valence-electron chi connectivity index (χ2n) is 6.14. The van der Waals surface area contributed by atoms with Gasteiger partial charge in [0.05, 0.1) is 5.92 Å². The van der Waals surface area contributed by atoms with Crippen molar-refractivity contribution in [1.82, 2.24) is 9.80 Å². The lowest BCUT2D eigenvalue weighted by Crippen LogP contribution is -2.47. The predicted octanol–water partition coefficient (Wildman–Crippen LogP) is 3.24. The first-order valence-corrected chi connectivity index (χ1v) is 10.0. The minimum Gasteiger partial charge on any atom is -0.341 e. The van der Waals surface area contributed by atoms with Gasteiger partial charge in [0.15, 0.2) is 0 Å². The Morgan fingerprint density at radius 2 is 1.91 bits per heavy atom. The lowest BCUT2D eigenvalue weighted by atomic mass is 9.96. The van der Waals surface area contributed by atoms with Crippen molar-refractivity contribution in [3.63, 3.8) is 0 Å². The number of carbonyl (C=O) groups is 1. The summed E-state index contributed by atoms with van der Waals surface area (Å²) in [7, 11) is 0. The highest BCUT2D eigenvalue weighted by atomic mass is 79.9. The number of halogens is 1. The number of amides is 1. The predicted molar refractivity (Wildman–Crippen MR) is 96.0 cm³/mol. The van der Waals surface area contributed by atoms with Crippen molar-refractivity contribution in [3.8, 4) is 0 Å². The number of thioether (sulfide) groups is 1. The zero-order valence-electron chi connectivity index (χ0n) is 12.8. The number of hydrogen-bond acceptors (Lipinski definition) is 3. The molecule has 0 N–H and O–H groups in total. The number of carbonyl (C=O) groups excluding carboxylic acids is 1. The van der Waals surface area contributed by atoms with Crippen molar-refractivity contribution < 1.29 is 4.79 Å². The van der Waals surface area contributed by atoms with E-state index < -0.39 is 0 Å². The molecule has 0 spiro atoms. The Hall–Kier alpha value is -0.520. The summed E-state index contributed by atoms with van der Waals surface area (Å²) in [6, 6.07) is 8.51. The Bertz CT molecular complexity index is 502. The molecule has 2 fully saturated rings. The van der Waals surface area contributed by atoms with Gasteiger partial charge in [0.2, 0.25) is 5.91 Å². The van der Waals surface area contributed by atoms with E-state index in [1.807, 2.05) is 11.8 Å². The van der Waals surface area contributed by atoms with Gasteiger partial charge in [-0.25, -0.2) is 0 Å². The van der Waals surface area contributed by atoms with Crippen LogP contribution >= 0.6 is 27.7 Å². The maximum atomic E-state index is 12.7. The van der Waals surface area contributed by atoms with Gasteiger partial charge >= 0.3 is 0 Å². The number of nitrogens with zero attached hydrogens (tertiary/aromatic N) is 2. The average molecular weight is 383 g/mol. The molecule has 3 rings (SSSR count). The maximum Gasteiger partial charge on any atom is 0.227 e. The van der Waals surface area contributed by atoms with E-state index in [0.717, 1.165) is 61.5 Å². The Morgan fingerprint density at radius 1 is 1.18 bits per heavy atom. The molecule has 1 atom stereocenters. The van der Waals surface area contributed by atoms with Crippen LogP contribution in [-0.2, 0) is 11.3 Å². The third-order valence-electron chi connectivity index (χ3n) is 4.50. The molecule has 2 aliphatic rings. The molecule has 1 amide bonds. The highest BCUT2D eigenvalue weighted by Crippen LogP contribution is 2.22. The molecule has 0 saturated carbocycles. The van der Waals surface area contributed by atoms with Crippen molar-refractivity contribution in [2.75, 3.05) is 37.7 Å². The molecule has 1 aromatic rings. The Labute approximate surface area is 145 Å². The molecule has 5 heteroatoms. The van der Waals surface area contributed by atoms with E-state index in [4.69, 9.17) is 0 Å². The number of rotatable bonds is 3. The Kier molecular flexibility index (Phi) is 5.83. The van der Waals surface area contributed by atoms with Crippen LogP contribution in [0, 0.1) is 5.92 Å². The molecule has 2 heterocycles. The second kappa shape index (κ2) is 7.84. The number of likely N-dealkylation sites (tertiary alicyclic amines) is 1. The van der Waals surface area contributed by atoms with Gasteiger partial charge in [-0.15, -0.1) is 0 Å². The van der Waals surface area contributed by atoms with E-state index in [1.165, 1.54) is 5.56 Å². The molecule has 120 valence electrons. The largest absolute Gasteiger partial charge is 0.341 e. The molecule has 2 saturated heterocycles. The van der Waals surface area contributed by atoms with Crippen LogP contribution in [0.2, 0.25) is 0 Å². The monoisotopic (exact) mass is 382 g/mol. The fraction of sp³-hybridized carbons (Fsp3) is 0.588. The summed E-state index contributed by atoms with van der Waals surface area (Å²) in [5, 5.41) is 0. The quantitative estimate of drug-likeness (QED) is 0.801. The first-order valence-electron chi connectivity index (χ1n) is 8.06. The molecule has 22 heavy (non-hydrogen) atoms. The Morgan fingerprint density at radius 3 is 2.64 bits per heavy atom. The summed E-state index contributed by atoms with van der Waals surface area (Å²) >= 11 is 5.44. The second-order valence-corrected chi connectivity index (χ2v) is 8.28. The lowest BCUT2D eigenvalue weighted by Gasteiger charge is -2.36. The molecule has 2 aliphatic heterocycles. The van der Waals surface area contributed by atoms with Crippen LogP contribution in [0.25, 0.3) is 0 Å². The van der Waals surface area contributed by atoms with Crippen molar-refractivity contribution in [2.45, 2.75) is 19.4 Å². The van der Waals surface area contributed by atoms with E-state index in [0.29, 0.717) is 5.91 Å². The third-order valence-corrected chi connectivity index (χ3v) is 5.97. The fourth-order valence-corrected chi connectivity index (χ4v) is 4.46. The van der Waals surface area contributed by atoms with Gasteiger partial charge in [0.25, 0.3) is 0 Å². The van der Waals surface area contributed by atoms with Crippen LogP contribution in [0.5, 0.6) is 0 Å². The van der Waals surface area contributed by atoms with Crippen LogP contribution in [0.3, 0.4) is 0 Å². The number of benzene rings is 1. The van der Waals surface area contributed by atoms with Gasteiger partial charge in [-0.2, -0.15) is 11.8 Å². The molecule has 0 bridgehead atoms. The topological polar surface area (TPSA) is 23.6 Å². The van der Waals surface area contributed by atoms with Gasteiger partial charge in [-0.3, -0.25) is 9.69 Å². The zero-order valence-corrected chi connectivity index (χ0v) is 15.2. The van der Waals surface area contributed by atoms with Gasteiger partial charge in [0, 0.05) is 42.2 Å². The average Bonchev–Trinajstić information content (AvgIpc) is 2.57. The van der Waals surface area contributed by atoms with Crippen LogP contribution in [0.4, 0.5) is 0 Å². The maximum absolute atomic E-state index is 12.7. The summed E-state index contributed by atoms with van der Waals surface area (Å²) in [6.45, 7) is 4.85. The van der Waals surface area contributed by atoms with Gasteiger partial charge in [-0.05, 0) is 37.1 Å². The van der Waals surface area contributed by atoms with Gasteiger partial charge in [0.1, 0.15) is 0 Å². The number of piperidine rings is 1. The molecule has 0 aromatic heterocycles. The molecule has 0 aliphatic carbocycles. The molecule has 1 aromatic carbocycles. The molecular formula is C17H23BrN2OS. The van der Waals surface area contributed by atoms with Gasteiger partial charge < -0.3 is 4.90 Å². The zero-order chi connectivity index (χ0) is 15.4. The standard InChI is InChI=1S/C17H23BrN2OS/c18-16-5-3-14(4-6-16)12-19-7-1-2-15(13-19)17(21)20-8-10-22-11-9-20/h3-6,15H,1-2,7-13H2. The van der Waals surface area contributed by atoms with Crippen molar-refractivity contribution in [1.29, 1.82) is 0 Å².